The van der Waals surface area contributed by atoms with Crippen LogP contribution in [0.5, 0.6) is 0 Å². The maximum absolute atomic E-state index is 12.5. The minimum atomic E-state index is -4.41. The lowest BCUT2D eigenvalue weighted by molar-refractivity contribution is -0.137. The summed E-state index contributed by atoms with van der Waals surface area (Å²) in [6.07, 6.45) is -4.02. The Morgan fingerprint density at radius 2 is 1.87 bits per heavy atom. The largest absolute Gasteiger partial charge is 0.416 e. The van der Waals surface area contributed by atoms with E-state index in [1.165, 1.54) is 12.1 Å². The predicted octanol–water partition coefficient (Wildman–Crippen LogP) is 2.22. The second kappa shape index (κ2) is 7.65. The van der Waals surface area contributed by atoms with Gasteiger partial charge in [0.1, 0.15) is 0 Å². The molecule has 0 aliphatic carbocycles. The topological polar surface area (TPSA) is 70.6 Å². The molecule has 2 rings (SSSR count). The molecule has 1 aromatic carbocycles. The van der Waals surface area contributed by atoms with E-state index in [9.17, 15) is 23.1 Å². The van der Waals surface area contributed by atoms with Crippen LogP contribution in [0.2, 0.25) is 0 Å². The number of nitrogens with one attached hydrogen (secondary N) is 2. The zero-order valence-corrected chi connectivity index (χ0v) is 12.4. The number of hydrogen-bond acceptors (Lipinski definition) is 3. The van der Waals surface area contributed by atoms with Crippen molar-refractivity contribution >= 4 is 6.03 Å². The number of carbonyl (C=O) groups is 1. The van der Waals surface area contributed by atoms with Gasteiger partial charge in [0.25, 0.3) is 0 Å². The van der Waals surface area contributed by atoms with Gasteiger partial charge in [0.2, 0.25) is 0 Å². The first kappa shape index (κ1) is 17.6. The molecule has 128 valence electrons. The van der Waals surface area contributed by atoms with Gasteiger partial charge in [0.05, 0.1) is 11.7 Å². The van der Waals surface area contributed by atoms with Crippen molar-refractivity contribution in [1.29, 1.82) is 0 Å². The summed E-state index contributed by atoms with van der Waals surface area (Å²) >= 11 is 0. The van der Waals surface area contributed by atoms with Crippen LogP contribution in [0.4, 0.5) is 18.0 Å². The van der Waals surface area contributed by atoms with Gasteiger partial charge in [0.15, 0.2) is 0 Å². The van der Waals surface area contributed by atoms with Gasteiger partial charge in [-0.15, -0.1) is 0 Å². The van der Waals surface area contributed by atoms with Gasteiger partial charge >= 0.3 is 12.2 Å². The number of aliphatic hydroxyl groups excluding tert-OH is 1. The van der Waals surface area contributed by atoms with Crippen LogP contribution in [0.25, 0.3) is 0 Å². The zero-order valence-electron chi connectivity index (χ0n) is 12.4. The third-order valence-electron chi connectivity index (χ3n) is 3.64. The minimum Gasteiger partial charge on any atom is -0.387 e. The van der Waals surface area contributed by atoms with E-state index >= 15 is 0 Å². The van der Waals surface area contributed by atoms with E-state index in [0.29, 0.717) is 18.8 Å². The summed E-state index contributed by atoms with van der Waals surface area (Å²) in [6, 6.07) is 3.83. The Kier molecular flexibility index (Phi) is 5.84. The monoisotopic (exact) mass is 332 g/mol. The van der Waals surface area contributed by atoms with Gasteiger partial charge in [-0.3, -0.25) is 0 Å². The number of rotatable bonds is 4. The number of hydrogen-bond donors (Lipinski definition) is 3. The van der Waals surface area contributed by atoms with Crippen molar-refractivity contribution in [3.05, 3.63) is 35.4 Å². The van der Waals surface area contributed by atoms with Gasteiger partial charge in [-0.25, -0.2) is 4.79 Å². The molecule has 1 aromatic rings. The lowest BCUT2D eigenvalue weighted by atomic mass is 10.1. The molecule has 2 amide bonds. The van der Waals surface area contributed by atoms with E-state index in [-0.39, 0.29) is 12.6 Å². The molecule has 0 spiro atoms. The first-order chi connectivity index (χ1) is 10.9. The van der Waals surface area contributed by atoms with Crippen LogP contribution in [-0.4, -0.2) is 36.9 Å². The fourth-order valence-corrected chi connectivity index (χ4v) is 2.28. The Labute approximate surface area is 131 Å². The van der Waals surface area contributed by atoms with Crippen LogP contribution in [0.1, 0.15) is 30.1 Å². The molecule has 0 radical (unpaired) electrons. The molecule has 1 aliphatic rings. The zero-order chi connectivity index (χ0) is 16.9. The Balaban J connectivity index is 1.79. The summed E-state index contributed by atoms with van der Waals surface area (Å²) in [5.41, 5.74) is -0.469. The molecule has 23 heavy (non-hydrogen) atoms. The van der Waals surface area contributed by atoms with Crippen molar-refractivity contribution in [3.63, 3.8) is 0 Å². The number of amides is 2. The van der Waals surface area contributed by atoms with E-state index in [1.807, 2.05) is 0 Å². The van der Waals surface area contributed by atoms with Crippen molar-refractivity contribution in [2.24, 2.45) is 0 Å². The number of urea groups is 1. The predicted molar refractivity (Wildman–Crippen MR) is 76.8 cm³/mol. The first-order valence-corrected chi connectivity index (χ1v) is 7.33. The smallest absolute Gasteiger partial charge is 0.387 e. The highest BCUT2D eigenvalue weighted by molar-refractivity contribution is 5.74. The summed E-state index contributed by atoms with van der Waals surface area (Å²) in [6.45, 7) is 1.11. The Morgan fingerprint density at radius 3 is 2.43 bits per heavy atom. The van der Waals surface area contributed by atoms with Gasteiger partial charge < -0.3 is 20.5 Å². The summed E-state index contributed by atoms with van der Waals surface area (Å²) in [4.78, 5) is 11.7. The fourth-order valence-electron chi connectivity index (χ4n) is 2.28. The standard InChI is InChI=1S/C15H19F3N2O3/c16-15(17,18)11-3-1-10(2-4-11)13(21)9-19-14(22)20-12-5-7-23-8-6-12/h1-4,12-13,21H,5-9H2,(H2,19,20,22). The number of aliphatic hydroxyl groups is 1. The van der Waals surface area contributed by atoms with Gasteiger partial charge in [0, 0.05) is 25.8 Å². The molecule has 1 fully saturated rings. The SMILES string of the molecule is O=C(NCC(O)c1ccc(C(F)(F)F)cc1)NC1CCOCC1. The summed E-state index contributed by atoms with van der Waals surface area (Å²) in [5, 5.41) is 15.2. The van der Waals surface area contributed by atoms with Crippen LogP contribution >= 0.6 is 0 Å². The lowest BCUT2D eigenvalue weighted by Crippen LogP contribution is -2.45. The highest BCUT2D eigenvalue weighted by atomic mass is 19.4. The van der Waals surface area contributed by atoms with Crippen LogP contribution in [-0.2, 0) is 10.9 Å². The quantitative estimate of drug-likeness (QED) is 0.792. The number of carbonyl (C=O) groups excluding carboxylic acids is 1. The van der Waals surface area contributed by atoms with Crippen molar-refractivity contribution in [3.8, 4) is 0 Å². The van der Waals surface area contributed by atoms with Crippen molar-refractivity contribution in [1.82, 2.24) is 10.6 Å². The van der Waals surface area contributed by atoms with Gasteiger partial charge in [-0.2, -0.15) is 13.2 Å². The second-order valence-electron chi connectivity index (χ2n) is 5.38. The van der Waals surface area contributed by atoms with Crippen molar-refractivity contribution in [2.75, 3.05) is 19.8 Å². The molecule has 1 heterocycles. The molecule has 1 aliphatic heterocycles. The highest BCUT2D eigenvalue weighted by Crippen LogP contribution is 2.29. The maximum atomic E-state index is 12.5. The van der Waals surface area contributed by atoms with E-state index in [0.717, 1.165) is 25.0 Å². The Bertz CT molecular complexity index is 514. The molecule has 0 saturated carbocycles. The highest BCUT2D eigenvalue weighted by Gasteiger charge is 2.30. The summed E-state index contributed by atoms with van der Waals surface area (Å²) in [7, 11) is 0. The lowest BCUT2D eigenvalue weighted by Gasteiger charge is -2.23. The molecule has 5 nitrogen and oxygen atoms in total. The maximum Gasteiger partial charge on any atom is 0.416 e. The number of alkyl halides is 3. The molecule has 3 N–H and O–H groups in total. The van der Waals surface area contributed by atoms with Crippen LogP contribution in [0.15, 0.2) is 24.3 Å². The van der Waals surface area contributed by atoms with E-state index in [4.69, 9.17) is 4.74 Å². The van der Waals surface area contributed by atoms with E-state index < -0.39 is 23.9 Å². The molecule has 0 bridgehead atoms. The Hall–Kier alpha value is -1.80. The molecule has 1 atom stereocenters. The first-order valence-electron chi connectivity index (χ1n) is 7.33. The number of benzene rings is 1. The Morgan fingerprint density at radius 1 is 1.26 bits per heavy atom. The second-order valence-corrected chi connectivity index (χ2v) is 5.38. The third kappa shape index (κ3) is 5.40. The van der Waals surface area contributed by atoms with Gasteiger partial charge in [-0.1, -0.05) is 12.1 Å². The number of halogens is 3. The molecular formula is C15H19F3N2O3. The molecule has 0 aromatic heterocycles. The number of ether oxygens (including phenoxy) is 1. The third-order valence-corrected chi connectivity index (χ3v) is 3.64. The van der Waals surface area contributed by atoms with E-state index in [1.54, 1.807) is 0 Å². The molecule has 1 unspecified atom stereocenters. The average molecular weight is 332 g/mol. The molecule has 8 heteroatoms. The molecule has 1 saturated heterocycles. The summed E-state index contributed by atoms with van der Waals surface area (Å²) < 4.78 is 42.6. The van der Waals surface area contributed by atoms with Crippen LogP contribution in [0.3, 0.4) is 0 Å². The van der Waals surface area contributed by atoms with E-state index in [2.05, 4.69) is 10.6 Å². The fraction of sp³-hybridized carbons (Fsp3) is 0.533. The van der Waals surface area contributed by atoms with Crippen molar-refractivity contribution in [2.45, 2.75) is 31.2 Å². The van der Waals surface area contributed by atoms with Crippen LogP contribution in [0, 0.1) is 0 Å². The molecular weight excluding hydrogens is 313 g/mol. The van der Waals surface area contributed by atoms with Crippen LogP contribution < -0.4 is 10.6 Å². The van der Waals surface area contributed by atoms with Crippen molar-refractivity contribution < 1.29 is 27.8 Å². The van der Waals surface area contributed by atoms with Gasteiger partial charge in [-0.05, 0) is 30.5 Å². The normalized spacial score (nSPS) is 17.6. The summed E-state index contributed by atoms with van der Waals surface area (Å²) in [5.74, 6) is 0. The minimum absolute atomic E-state index is 0.0342. The average Bonchev–Trinajstić information content (AvgIpc) is 2.53.